The molecule has 96 valence electrons. The minimum absolute atomic E-state index is 0.807. The van der Waals surface area contributed by atoms with Gasteiger partial charge in [0.25, 0.3) is 0 Å². The number of nitrogens with zero attached hydrogens (tertiary/aromatic N) is 1. The van der Waals surface area contributed by atoms with Gasteiger partial charge in [-0.2, -0.15) is 0 Å². The van der Waals surface area contributed by atoms with Crippen LogP contribution in [0.25, 0.3) is 10.8 Å². The average molecular weight is 250 g/mol. The van der Waals surface area contributed by atoms with E-state index in [4.69, 9.17) is 0 Å². The minimum Gasteiger partial charge on any atom is -0.384 e. The number of aromatic nitrogens is 1. The van der Waals surface area contributed by atoms with Gasteiger partial charge < -0.3 is 5.32 Å². The molecule has 2 aliphatic rings. The number of nitrogens with one attached hydrogen (secondary N) is 1. The zero-order valence-corrected chi connectivity index (χ0v) is 10.9. The van der Waals surface area contributed by atoms with E-state index in [-0.39, 0.29) is 0 Å². The lowest BCUT2D eigenvalue weighted by Crippen LogP contribution is -2.18. The van der Waals surface area contributed by atoms with Crippen LogP contribution in [0.5, 0.6) is 0 Å². The number of hydrogen-bond donors (Lipinski definition) is 1. The van der Waals surface area contributed by atoms with Crippen molar-refractivity contribution in [3.63, 3.8) is 0 Å². The fourth-order valence-corrected chi connectivity index (χ4v) is 3.64. The van der Waals surface area contributed by atoms with Crippen molar-refractivity contribution < 1.29 is 0 Å². The summed E-state index contributed by atoms with van der Waals surface area (Å²) < 4.78 is 0. The molecule has 2 aliphatic carbocycles. The van der Waals surface area contributed by atoms with E-state index >= 15 is 0 Å². The van der Waals surface area contributed by atoms with Gasteiger partial charge >= 0.3 is 0 Å². The molecule has 1 fully saturated rings. The van der Waals surface area contributed by atoms with E-state index in [9.17, 15) is 0 Å². The second kappa shape index (κ2) is 4.37. The molecule has 2 aromatic rings. The predicted octanol–water partition coefficient (Wildman–Crippen LogP) is 3.86. The number of anilines is 1. The fraction of sp³-hybridized carbons (Fsp3) is 0.353. The zero-order chi connectivity index (χ0) is 12.7. The van der Waals surface area contributed by atoms with Crippen molar-refractivity contribution >= 4 is 16.5 Å². The third kappa shape index (κ3) is 1.92. The summed E-state index contributed by atoms with van der Waals surface area (Å²) in [5.74, 6) is 2.47. The van der Waals surface area contributed by atoms with Gasteiger partial charge in [0.2, 0.25) is 0 Å². The summed E-state index contributed by atoms with van der Waals surface area (Å²) >= 11 is 0. The molecule has 0 amide bonds. The topological polar surface area (TPSA) is 24.9 Å². The Bertz CT molecular complexity index is 627. The first kappa shape index (κ1) is 11.0. The van der Waals surface area contributed by atoms with Crippen LogP contribution in [-0.2, 0) is 0 Å². The van der Waals surface area contributed by atoms with E-state index in [2.05, 4.69) is 46.7 Å². The summed E-state index contributed by atoms with van der Waals surface area (Å²) in [7, 11) is 0. The van der Waals surface area contributed by atoms with Gasteiger partial charge in [-0.3, -0.25) is 4.98 Å². The molecule has 1 heterocycles. The summed E-state index contributed by atoms with van der Waals surface area (Å²) in [5.41, 5.74) is 1.22. The third-order valence-electron chi connectivity index (χ3n) is 4.65. The quantitative estimate of drug-likeness (QED) is 0.837. The Balaban J connectivity index is 1.54. The molecule has 3 unspecified atom stereocenters. The molecule has 1 aromatic heterocycles. The lowest BCUT2D eigenvalue weighted by molar-refractivity contribution is 0.472. The average Bonchev–Trinajstić information content (AvgIpc) is 3.07. The number of rotatable bonds is 3. The number of hydrogen-bond acceptors (Lipinski definition) is 2. The lowest BCUT2D eigenvalue weighted by Gasteiger charge is -2.19. The first-order valence-corrected chi connectivity index (χ1v) is 7.15. The number of allylic oxidation sites excluding steroid dienone is 2. The van der Waals surface area contributed by atoms with E-state index in [0.29, 0.717) is 0 Å². The molecular formula is C17H18N2. The van der Waals surface area contributed by atoms with Gasteiger partial charge in [0.1, 0.15) is 0 Å². The highest BCUT2D eigenvalue weighted by atomic mass is 14.9. The van der Waals surface area contributed by atoms with Crippen molar-refractivity contribution in [1.29, 1.82) is 0 Å². The Morgan fingerprint density at radius 1 is 1.16 bits per heavy atom. The van der Waals surface area contributed by atoms with Gasteiger partial charge in [-0.25, -0.2) is 0 Å². The van der Waals surface area contributed by atoms with E-state index in [1.807, 2.05) is 12.4 Å². The fourth-order valence-electron chi connectivity index (χ4n) is 3.64. The molecule has 2 bridgehead atoms. The van der Waals surface area contributed by atoms with Crippen molar-refractivity contribution in [2.75, 3.05) is 11.9 Å². The third-order valence-corrected chi connectivity index (χ3v) is 4.65. The molecule has 2 heteroatoms. The first-order chi connectivity index (χ1) is 9.40. The van der Waals surface area contributed by atoms with Crippen LogP contribution < -0.4 is 5.32 Å². The van der Waals surface area contributed by atoms with Gasteiger partial charge in [-0.05, 0) is 48.1 Å². The molecule has 19 heavy (non-hydrogen) atoms. The Morgan fingerprint density at radius 3 is 3.00 bits per heavy atom. The lowest BCUT2D eigenvalue weighted by atomic mass is 9.93. The summed E-state index contributed by atoms with van der Waals surface area (Å²) in [4.78, 5) is 4.24. The monoisotopic (exact) mass is 250 g/mol. The largest absolute Gasteiger partial charge is 0.384 e. The molecule has 4 rings (SSSR count). The van der Waals surface area contributed by atoms with Crippen LogP contribution in [0.2, 0.25) is 0 Å². The summed E-state index contributed by atoms with van der Waals surface area (Å²) in [6.07, 6.45) is 11.4. The van der Waals surface area contributed by atoms with Gasteiger partial charge in [0.15, 0.2) is 0 Å². The molecule has 1 N–H and O–H groups in total. The van der Waals surface area contributed by atoms with Crippen molar-refractivity contribution in [2.24, 2.45) is 17.8 Å². The predicted molar refractivity (Wildman–Crippen MR) is 79.1 cm³/mol. The summed E-state index contributed by atoms with van der Waals surface area (Å²) in [5, 5.41) is 6.12. The van der Waals surface area contributed by atoms with Crippen molar-refractivity contribution in [3.8, 4) is 0 Å². The molecule has 0 saturated heterocycles. The summed E-state index contributed by atoms with van der Waals surface area (Å²) in [6.45, 7) is 1.08. The van der Waals surface area contributed by atoms with Gasteiger partial charge in [0, 0.05) is 30.0 Å². The van der Waals surface area contributed by atoms with Crippen LogP contribution in [0.4, 0.5) is 5.69 Å². The van der Waals surface area contributed by atoms with Crippen LogP contribution >= 0.6 is 0 Å². The van der Waals surface area contributed by atoms with E-state index in [1.165, 1.54) is 29.3 Å². The normalized spacial score (nSPS) is 28.1. The standard InChI is InChI=1S/C17H18N2/c1-2-13-6-7-18-11-16(13)17(3-1)19-10-15-9-12-4-5-14(15)8-12/h1-7,11-12,14-15,19H,8-10H2. The molecule has 0 aliphatic heterocycles. The Labute approximate surface area is 113 Å². The number of fused-ring (bicyclic) bond motifs is 3. The highest BCUT2D eigenvalue weighted by Crippen LogP contribution is 2.43. The molecular weight excluding hydrogens is 232 g/mol. The SMILES string of the molecule is C1=CC2CC1CC2CNc1cccc2ccncc12. The molecule has 0 spiro atoms. The first-order valence-electron chi connectivity index (χ1n) is 7.15. The van der Waals surface area contributed by atoms with E-state index < -0.39 is 0 Å². The van der Waals surface area contributed by atoms with Crippen LogP contribution in [0.3, 0.4) is 0 Å². The molecule has 1 saturated carbocycles. The van der Waals surface area contributed by atoms with Crippen LogP contribution in [-0.4, -0.2) is 11.5 Å². The maximum Gasteiger partial charge on any atom is 0.0435 e. The Kier molecular flexibility index (Phi) is 2.54. The highest BCUT2D eigenvalue weighted by Gasteiger charge is 2.35. The van der Waals surface area contributed by atoms with Gasteiger partial charge in [0.05, 0.1) is 0 Å². The second-order valence-electron chi connectivity index (χ2n) is 5.82. The van der Waals surface area contributed by atoms with Crippen LogP contribution in [0, 0.1) is 17.8 Å². The van der Waals surface area contributed by atoms with Crippen LogP contribution in [0.15, 0.2) is 48.8 Å². The van der Waals surface area contributed by atoms with Crippen molar-refractivity contribution in [1.82, 2.24) is 4.98 Å². The molecule has 2 nitrogen and oxygen atoms in total. The number of pyridine rings is 1. The van der Waals surface area contributed by atoms with Gasteiger partial charge in [-0.15, -0.1) is 0 Å². The molecule has 0 radical (unpaired) electrons. The van der Waals surface area contributed by atoms with Gasteiger partial charge in [-0.1, -0.05) is 24.3 Å². The molecule has 3 atom stereocenters. The van der Waals surface area contributed by atoms with Crippen molar-refractivity contribution in [3.05, 3.63) is 48.8 Å². The maximum atomic E-state index is 4.24. The van der Waals surface area contributed by atoms with E-state index in [0.717, 1.165) is 24.3 Å². The highest BCUT2D eigenvalue weighted by molar-refractivity contribution is 5.93. The zero-order valence-electron chi connectivity index (χ0n) is 10.9. The summed E-state index contributed by atoms with van der Waals surface area (Å²) in [6, 6.07) is 8.49. The second-order valence-corrected chi connectivity index (χ2v) is 5.82. The van der Waals surface area contributed by atoms with Crippen LogP contribution in [0.1, 0.15) is 12.8 Å². The van der Waals surface area contributed by atoms with E-state index in [1.54, 1.807) is 0 Å². The smallest absolute Gasteiger partial charge is 0.0435 e. The minimum atomic E-state index is 0.807. The molecule has 1 aromatic carbocycles. The Hall–Kier alpha value is -1.83. The Morgan fingerprint density at radius 2 is 2.16 bits per heavy atom. The maximum absolute atomic E-state index is 4.24. The van der Waals surface area contributed by atoms with Crippen molar-refractivity contribution in [2.45, 2.75) is 12.8 Å². The number of benzene rings is 1.